The fourth-order valence-corrected chi connectivity index (χ4v) is 2.54. The highest BCUT2D eigenvalue weighted by Gasteiger charge is 2.07. The maximum atomic E-state index is 5.75. The number of aryl methyl sites for hydroxylation is 1. The number of hydrogen-bond acceptors (Lipinski definition) is 3. The van der Waals surface area contributed by atoms with Gasteiger partial charge in [0, 0.05) is 5.39 Å². The first-order valence-corrected chi connectivity index (χ1v) is 6.91. The van der Waals surface area contributed by atoms with E-state index < -0.39 is 0 Å². The van der Waals surface area contributed by atoms with E-state index in [1.54, 1.807) is 0 Å². The molecule has 0 saturated carbocycles. The minimum Gasteiger partial charge on any atom is -0.423 e. The average molecular weight is 274 g/mol. The molecule has 0 aliphatic heterocycles. The van der Waals surface area contributed by atoms with Crippen LogP contribution >= 0.6 is 0 Å². The molecule has 3 heteroatoms. The molecule has 1 heterocycles. The second-order valence-electron chi connectivity index (χ2n) is 5.14. The highest BCUT2D eigenvalue weighted by Crippen LogP contribution is 2.28. The van der Waals surface area contributed by atoms with Gasteiger partial charge in [-0.2, -0.15) is 4.98 Å². The molecule has 3 nitrogen and oxygen atoms in total. The van der Waals surface area contributed by atoms with E-state index in [9.17, 15) is 0 Å². The summed E-state index contributed by atoms with van der Waals surface area (Å²) < 4.78 is 5.75. The molecule has 0 saturated heterocycles. The maximum absolute atomic E-state index is 5.75. The van der Waals surface area contributed by atoms with Gasteiger partial charge in [0.15, 0.2) is 5.58 Å². The van der Waals surface area contributed by atoms with E-state index in [0.717, 1.165) is 22.2 Å². The van der Waals surface area contributed by atoms with E-state index in [0.29, 0.717) is 6.01 Å². The van der Waals surface area contributed by atoms with Crippen molar-refractivity contribution in [1.29, 1.82) is 0 Å². The van der Waals surface area contributed by atoms with Crippen molar-refractivity contribution in [3.8, 4) is 0 Å². The Balaban J connectivity index is 1.79. The average Bonchev–Trinajstić information content (AvgIpc) is 2.89. The molecule has 102 valence electrons. The van der Waals surface area contributed by atoms with Gasteiger partial charge in [0.1, 0.15) is 5.52 Å². The van der Waals surface area contributed by atoms with Gasteiger partial charge >= 0.3 is 0 Å². The number of hydrogen-bond donors (Lipinski definition) is 1. The SMILES string of the molecule is Cc1ccc2oc(Nc3cccc4ccccc34)nc2c1. The third-order valence-corrected chi connectivity index (χ3v) is 3.57. The van der Waals surface area contributed by atoms with Crippen LogP contribution in [0.3, 0.4) is 0 Å². The first-order valence-electron chi connectivity index (χ1n) is 6.91. The van der Waals surface area contributed by atoms with Crippen LogP contribution in [0.1, 0.15) is 5.56 Å². The van der Waals surface area contributed by atoms with Crippen molar-refractivity contribution in [2.75, 3.05) is 5.32 Å². The molecule has 0 unspecified atom stereocenters. The Morgan fingerprint density at radius 2 is 1.81 bits per heavy atom. The molecule has 21 heavy (non-hydrogen) atoms. The van der Waals surface area contributed by atoms with Crippen molar-refractivity contribution in [2.45, 2.75) is 6.92 Å². The lowest BCUT2D eigenvalue weighted by Gasteiger charge is -2.05. The Kier molecular flexibility index (Phi) is 2.64. The van der Waals surface area contributed by atoms with Crippen LogP contribution in [-0.4, -0.2) is 4.98 Å². The van der Waals surface area contributed by atoms with Crippen LogP contribution in [0.2, 0.25) is 0 Å². The predicted molar refractivity (Wildman–Crippen MR) is 86.0 cm³/mol. The van der Waals surface area contributed by atoms with Crippen molar-refractivity contribution in [1.82, 2.24) is 4.98 Å². The molecule has 0 radical (unpaired) electrons. The lowest BCUT2D eigenvalue weighted by atomic mass is 10.1. The number of anilines is 2. The van der Waals surface area contributed by atoms with Gasteiger partial charge in [-0.3, -0.25) is 0 Å². The van der Waals surface area contributed by atoms with Crippen molar-refractivity contribution < 1.29 is 4.42 Å². The molecule has 0 spiro atoms. The number of benzene rings is 3. The third-order valence-electron chi connectivity index (χ3n) is 3.57. The summed E-state index contributed by atoms with van der Waals surface area (Å²) >= 11 is 0. The van der Waals surface area contributed by atoms with Gasteiger partial charge in [0.2, 0.25) is 0 Å². The zero-order valence-electron chi connectivity index (χ0n) is 11.6. The minimum absolute atomic E-state index is 0.520. The van der Waals surface area contributed by atoms with Crippen molar-refractivity contribution >= 4 is 33.6 Å². The molecule has 0 bridgehead atoms. The van der Waals surface area contributed by atoms with Crippen LogP contribution < -0.4 is 5.32 Å². The maximum Gasteiger partial charge on any atom is 0.300 e. The lowest BCUT2D eigenvalue weighted by Crippen LogP contribution is -1.91. The molecule has 3 aromatic carbocycles. The Bertz CT molecular complexity index is 935. The second kappa shape index (κ2) is 4.63. The van der Waals surface area contributed by atoms with Gasteiger partial charge in [-0.05, 0) is 36.1 Å². The lowest BCUT2D eigenvalue weighted by molar-refractivity contribution is 0.623. The number of nitrogens with one attached hydrogen (secondary N) is 1. The summed E-state index contributed by atoms with van der Waals surface area (Å²) in [6, 6.07) is 20.9. The highest BCUT2D eigenvalue weighted by atomic mass is 16.4. The van der Waals surface area contributed by atoms with Crippen LogP contribution in [-0.2, 0) is 0 Å². The quantitative estimate of drug-likeness (QED) is 0.557. The Morgan fingerprint density at radius 3 is 2.76 bits per heavy atom. The van der Waals surface area contributed by atoms with E-state index in [1.165, 1.54) is 10.9 Å². The summed E-state index contributed by atoms with van der Waals surface area (Å²) in [6.07, 6.45) is 0. The van der Waals surface area contributed by atoms with E-state index in [-0.39, 0.29) is 0 Å². The minimum atomic E-state index is 0.520. The summed E-state index contributed by atoms with van der Waals surface area (Å²) in [6.45, 7) is 2.05. The van der Waals surface area contributed by atoms with Crippen LogP contribution in [0.4, 0.5) is 11.7 Å². The number of rotatable bonds is 2. The van der Waals surface area contributed by atoms with Crippen LogP contribution in [0.25, 0.3) is 21.9 Å². The molecule has 0 aliphatic carbocycles. The van der Waals surface area contributed by atoms with Gasteiger partial charge < -0.3 is 9.73 Å². The second-order valence-corrected chi connectivity index (χ2v) is 5.14. The highest BCUT2D eigenvalue weighted by molar-refractivity contribution is 5.95. The standard InChI is InChI=1S/C18H14N2O/c1-12-9-10-17-16(11-12)20-18(21-17)19-15-8-4-6-13-5-2-3-7-14(13)15/h2-11H,1H3,(H,19,20). The fraction of sp³-hybridized carbons (Fsp3) is 0.0556. The van der Waals surface area contributed by atoms with E-state index >= 15 is 0 Å². The van der Waals surface area contributed by atoms with E-state index in [2.05, 4.69) is 28.5 Å². The third kappa shape index (κ3) is 2.13. The molecule has 0 atom stereocenters. The zero-order valence-corrected chi connectivity index (χ0v) is 11.6. The monoisotopic (exact) mass is 274 g/mol. The number of nitrogens with zero attached hydrogens (tertiary/aromatic N) is 1. The van der Waals surface area contributed by atoms with Crippen molar-refractivity contribution in [3.63, 3.8) is 0 Å². The molecule has 0 aliphatic rings. The normalized spacial score (nSPS) is 11.1. The number of fused-ring (bicyclic) bond motifs is 2. The Labute approximate surface area is 122 Å². The molecule has 1 N–H and O–H groups in total. The summed E-state index contributed by atoms with van der Waals surface area (Å²) in [7, 11) is 0. The summed E-state index contributed by atoms with van der Waals surface area (Å²) in [5, 5.41) is 5.62. The topological polar surface area (TPSA) is 38.1 Å². The molecule has 4 rings (SSSR count). The van der Waals surface area contributed by atoms with Crippen LogP contribution in [0, 0.1) is 6.92 Å². The first kappa shape index (κ1) is 12.0. The number of oxazole rings is 1. The van der Waals surface area contributed by atoms with Crippen molar-refractivity contribution in [3.05, 3.63) is 66.2 Å². The summed E-state index contributed by atoms with van der Waals surface area (Å²) in [4.78, 5) is 4.50. The van der Waals surface area contributed by atoms with Gasteiger partial charge in [0.25, 0.3) is 6.01 Å². The smallest absolute Gasteiger partial charge is 0.300 e. The Morgan fingerprint density at radius 1 is 0.952 bits per heavy atom. The van der Waals surface area contributed by atoms with Gasteiger partial charge in [-0.1, -0.05) is 42.5 Å². The molecular formula is C18H14N2O. The van der Waals surface area contributed by atoms with Crippen molar-refractivity contribution in [2.24, 2.45) is 0 Å². The molecule has 0 fully saturated rings. The van der Waals surface area contributed by atoms with Gasteiger partial charge in [-0.15, -0.1) is 0 Å². The largest absolute Gasteiger partial charge is 0.423 e. The van der Waals surface area contributed by atoms with E-state index in [1.807, 2.05) is 49.4 Å². The molecular weight excluding hydrogens is 260 g/mol. The van der Waals surface area contributed by atoms with Crippen LogP contribution in [0.15, 0.2) is 65.1 Å². The van der Waals surface area contributed by atoms with E-state index in [4.69, 9.17) is 4.42 Å². The molecule has 1 aromatic heterocycles. The molecule has 0 amide bonds. The van der Waals surface area contributed by atoms with Gasteiger partial charge in [-0.25, -0.2) is 0 Å². The Hall–Kier alpha value is -2.81. The zero-order chi connectivity index (χ0) is 14.2. The summed E-state index contributed by atoms with van der Waals surface area (Å²) in [5.41, 5.74) is 3.84. The van der Waals surface area contributed by atoms with Crippen LogP contribution in [0.5, 0.6) is 0 Å². The fourth-order valence-electron chi connectivity index (χ4n) is 2.54. The first-order chi connectivity index (χ1) is 10.3. The number of aromatic nitrogens is 1. The van der Waals surface area contributed by atoms with Gasteiger partial charge in [0.05, 0.1) is 5.69 Å². The molecule has 4 aromatic rings. The summed E-state index contributed by atoms with van der Waals surface area (Å²) in [5.74, 6) is 0. The predicted octanol–water partition coefficient (Wildman–Crippen LogP) is 5.03.